The van der Waals surface area contributed by atoms with Gasteiger partial charge in [-0.15, -0.1) is 0 Å². The Balaban J connectivity index is 1.67. The molecule has 2 fully saturated rings. The van der Waals surface area contributed by atoms with Gasteiger partial charge in [0.1, 0.15) is 0 Å². The number of amides is 1. The van der Waals surface area contributed by atoms with Crippen LogP contribution in [0.3, 0.4) is 0 Å². The monoisotopic (exact) mass is 304 g/mol. The van der Waals surface area contributed by atoms with Crippen LogP contribution in [0.4, 0.5) is 0 Å². The van der Waals surface area contributed by atoms with Gasteiger partial charge in [0, 0.05) is 62.2 Å². The minimum atomic E-state index is 0.286. The predicted molar refractivity (Wildman–Crippen MR) is 83.0 cm³/mol. The second kappa shape index (κ2) is 8.39. The predicted octanol–water partition coefficient (Wildman–Crippen LogP) is 0.920. The average Bonchev–Trinajstić information content (AvgIpc) is 2.63. The van der Waals surface area contributed by atoms with Gasteiger partial charge in [-0.2, -0.15) is 23.5 Å². The van der Waals surface area contributed by atoms with Crippen molar-refractivity contribution in [1.29, 1.82) is 0 Å². The number of ether oxygens (including phenoxy) is 1. The maximum Gasteiger partial charge on any atom is 0.223 e. The highest BCUT2D eigenvalue weighted by atomic mass is 32.2. The quantitative estimate of drug-likeness (QED) is 0.790. The van der Waals surface area contributed by atoms with E-state index in [1.165, 1.54) is 23.0 Å². The van der Waals surface area contributed by atoms with Crippen molar-refractivity contribution in [3.05, 3.63) is 0 Å². The molecule has 2 aliphatic rings. The second-order valence-corrected chi connectivity index (χ2v) is 7.46. The molecule has 1 atom stereocenters. The second-order valence-electron chi connectivity index (χ2n) is 5.16. The van der Waals surface area contributed by atoms with Crippen LogP contribution < -0.4 is 5.32 Å². The van der Waals surface area contributed by atoms with Gasteiger partial charge >= 0.3 is 0 Å². The topological polar surface area (TPSA) is 41.6 Å². The largest absolute Gasteiger partial charge is 0.383 e. The lowest BCUT2D eigenvalue weighted by Gasteiger charge is -2.19. The molecule has 2 aliphatic heterocycles. The molecule has 1 amide bonds. The molecule has 0 aromatic heterocycles. The fourth-order valence-electron chi connectivity index (χ4n) is 2.48. The first-order valence-electron chi connectivity index (χ1n) is 6.95. The number of methoxy groups -OCH3 is 1. The highest BCUT2D eigenvalue weighted by molar-refractivity contribution is 8.03. The smallest absolute Gasteiger partial charge is 0.223 e. The summed E-state index contributed by atoms with van der Waals surface area (Å²) in [6.07, 6.45) is 0.698. The molecular formula is C13H24N2O2S2. The van der Waals surface area contributed by atoms with E-state index in [9.17, 15) is 4.79 Å². The lowest BCUT2D eigenvalue weighted by molar-refractivity contribution is -0.128. The fourth-order valence-corrected chi connectivity index (χ4v) is 4.94. The molecule has 0 bridgehead atoms. The van der Waals surface area contributed by atoms with E-state index in [1.54, 1.807) is 7.11 Å². The summed E-state index contributed by atoms with van der Waals surface area (Å²) in [5, 5.41) is 3.65. The van der Waals surface area contributed by atoms with Crippen LogP contribution >= 0.6 is 23.5 Å². The summed E-state index contributed by atoms with van der Waals surface area (Å²) < 4.78 is 5.04. The van der Waals surface area contributed by atoms with Gasteiger partial charge in [-0.1, -0.05) is 0 Å². The lowest BCUT2D eigenvalue weighted by Crippen LogP contribution is -2.37. The van der Waals surface area contributed by atoms with E-state index in [0.29, 0.717) is 25.0 Å². The van der Waals surface area contributed by atoms with Crippen LogP contribution in [-0.4, -0.2) is 73.2 Å². The first-order valence-corrected chi connectivity index (χ1v) is 9.26. The van der Waals surface area contributed by atoms with Crippen LogP contribution in [-0.2, 0) is 9.53 Å². The van der Waals surface area contributed by atoms with Gasteiger partial charge in [0.2, 0.25) is 5.91 Å². The van der Waals surface area contributed by atoms with Gasteiger partial charge in [-0.25, -0.2) is 0 Å². The number of carbonyl (C=O) groups is 1. The number of likely N-dealkylation sites (tertiary alicyclic amines) is 1. The molecule has 2 heterocycles. The van der Waals surface area contributed by atoms with Gasteiger partial charge in [0.15, 0.2) is 0 Å². The van der Waals surface area contributed by atoms with Crippen LogP contribution in [0, 0.1) is 5.92 Å². The van der Waals surface area contributed by atoms with E-state index in [0.717, 1.165) is 19.6 Å². The van der Waals surface area contributed by atoms with Crippen LogP contribution in [0.2, 0.25) is 0 Å². The Morgan fingerprint density at radius 2 is 2.11 bits per heavy atom. The molecular weight excluding hydrogens is 280 g/mol. The zero-order chi connectivity index (χ0) is 13.5. The third-order valence-corrected chi connectivity index (χ3v) is 6.09. The Morgan fingerprint density at radius 1 is 1.37 bits per heavy atom. The SMILES string of the molecule is COCCN1C[C@H](CNC2CSCCSC2)CC1=O. The van der Waals surface area contributed by atoms with Crippen LogP contribution in [0.1, 0.15) is 6.42 Å². The molecule has 0 aromatic rings. The third kappa shape index (κ3) is 5.17. The Labute approximate surface area is 124 Å². The molecule has 2 rings (SSSR count). The van der Waals surface area contributed by atoms with Gasteiger partial charge in [-0.3, -0.25) is 4.79 Å². The first kappa shape index (κ1) is 15.5. The molecule has 2 saturated heterocycles. The maximum absolute atomic E-state index is 11.8. The standard InChI is InChI=1S/C13H24N2O2S2/c1-17-3-2-15-8-11(6-13(15)16)7-14-12-9-18-4-5-19-10-12/h11-12,14H,2-10H2,1H3/t11-/m0/s1. The maximum atomic E-state index is 11.8. The van der Waals surface area contributed by atoms with E-state index >= 15 is 0 Å². The Morgan fingerprint density at radius 3 is 2.79 bits per heavy atom. The summed E-state index contributed by atoms with van der Waals surface area (Å²) in [4.78, 5) is 13.8. The number of nitrogens with one attached hydrogen (secondary N) is 1. The van der Waals surface area contributed by atoms with E-state index in [-0.39, 0.29) is 5.91 Å². The van der Waals surface area contributed by atoms with E-state index in [1.807, 2.05) is 28.4 Å². The van der Waals surface area contributed by atoms with Crippen molar-refractivity contribution in [2.45, 2.75) is 12.5 Å². The Bertz CT molecular complexity index is 284. The summed E-state index contributed by atoms with van der Waals surface area (Å²) >= 11 is 4.08. The summed E-state index contributed by atoms with van der Waals surface area (Å²) in [7, 11) is 1.68. The van der Waals surface area contributed by atoms with Crippen molar-refractivity contribution in [3.8, 4) is 0 Å². The Kier molecular flexibility index (Phi) is 6.84. The molecule has 19 heavy (non-hydrogen) atoms. The number of thioether (sulfide) groups is 2. The Hall–Kier alpha value is 0.0900. The summed E-state index contributed by atoms with van der Waals surface area (Å²) in [5.41, 5.74) is 0. The summed E-state index contributed by atoms with van der Waals surface area (Å²) in [5.74, 6) is 5.73. The van der Waals surface area contributed by atoms with Crippen molar-refractivity contribution >= 4 is 29.4 Å². The summed E-state index contributed by atoms with van der Waals surface area (Å²) in [6.45, 7) is 3.24. The zero-order valence-corrected chi connectivity index (χ0v) is 13.2. The summed E-state index contributed by atoms with van der Waals surface area (Å²) in [6, 6.07) is 0.612. The molecule has 0 radical (unpaired) electrons. The van der Waals surface area contributed by atoms with E-state index < -0.39 is 0 Å². The van der Waals surface area contributed by atoms with Gasteiger partial charge in [0.05, 0.1) is 6.61 Å². The van der Waals surface area contributed by atoms with Crippen LogP contribution in [0.5, 0.6) is 0 Å². The number of carbonyl (C=O) groups excluding carboxylic acids is 1. The highest BCUT2D eigenvalue weighted by Crippen LogP contribution is 2.19. The van der Waals surface area contributed by atoms with Crippen molar-refractivity contribution < 1.29 is 9.53 Å². The highest BCUT2D eigenvalue weighted by Gasteiger charge is 2.29. The molecule has 0 aliphatic carbocycles. The zero-order valence-electron chi connectivity index (χ0n) is 11.6. The van der Waals surface area contributed by atoms with Gasteiger partial charge < -0.3 is 15.0 Å². The normalized spacial score (nSPS) is 25.8. The van der Waals surface area contributed by atoms with Crippen LogP contribution in [0.25, 0.3) is 0 Å². The molecule has 0 saturated carbocycles. The minimum Gasteiger partial charge on any atom is -0.383 e. The lowest BCUT2D eigenvalue weighted by atomic mass is 10.1. The third-order valence-electron chi connectivity index (χ3n) is 3.57. The van der Waals surface area contributed by atoms with Crippen LogP contribution in [0.15, 0.2) is 0 Å². The van der Waals surface area contributed by atoms with Gasteiger partial charge in [-0.05, 0) is 5.92 Å². The van der Waals surface area contributed by atoms with Crippen molar-refractivity contribution in [3.63, 3.8) is 0 Å². The fraction of sp³-hybridized carbons (Fsp3) is 0.923. The molecule has 0 unspecified atom stereocenters. The molecule has 6 heteroatoms. The molecule has 4 nitrogen and oxygen atoms in total. The van der Waals surface area contributed by atoms with Crippen molar-refractivity contribution in [2.24, 2.45) is 5.92 Å². The van der Waals surface area contributed by atoms with E-state index in [4.69, 9.17) is 4.74 Å². The molecule has 110 valence electrons. The van der Waals surface area contributed by atoms with Crippen molar-refractivity contribution in [2.75, 3.05) is 56.4 Å². The average molecular weight is 304 g/mol. The minimum absolute atomic E-state index is 0.286. The number of nitrogens with zero attached hydrogens (tertiary/aromatic N) is 1. The molecule has 0 spiro atoms. The number of hydrogen-bond acceptors (Lipinski definition) is 5. The van der Waals surface area contributed by atoms with Crippen molar-refractivity contribution in [1.82, 2.24) is 10.2 Å². The molecule has 0 aromatic carbocycles. The molecule has 1 N–H and O–H groups in total. The first-order chi connectivity index (χ1) is 9.29. The van der Waals surface area contributed by atoms with Gasteiger partial charge in [0.25, 0.3) is 0 Å². The number of rotatable bonds is 6. The number of hydrogen-bond donors (Lipinski definition) is 1. The van der Waals surface area contributed by atoms with E-state index in [2.05, 4.69) is 5.32 Å².